The lowest BCUT2D eigenvalue weighted by Gasteiger charge is -2.28. The number of halogens is 6. The number of benzene rings is 7. The van der Waals surface area contributed by atoms with Gasteiger partial charge in [0.05, 0.1) is 30.1 Å². The van der Waals surface area contributed by atoms with Crippen LogP contribution in [-0.2, 0) is 18.9 Å². The topological polar surface area (TPSA) is 182 Å². The summed E-state index contributed by atoms with van der Waals surface area (Å²) in [5.74, 6) is 0.241. The summed E-state index contributed by atoms with van der Waals surface area (Å²) in [5, 5.41) is 22.7. The monoisotopic (exact) mass is 1190 g/mol. The number of fused-ring (bicyclic) bond motifs is 1. The number of amides is 2. The molecule has 14 nitrogen and oxygen atoms in total. The first-order valence-electron chi connectivity index (χ1n) is 29.2. The minimum absolute atomic E-state index is 0.135. The summed E-state index contributed by atoms with van der Waals surface area (Å²) < 4.78 is 93.4. The highest BCUT2D eigenvalue weighted by Gasteiger charge is 2.38. The number of carbonyl (C=O) groups excluding carboxylic acids is 2. The minimum Gasteiger partial charge on any atom is -0.494 e. The number of hydrogen-bond acceptors (Lipinski definition) is 10. The van der Waals surface area contributed by atoms with Crippen LogP contribution in [0.1, 0.15) is 123 Å². The summed E-state index contributed by atoms with van der Waals surface area (Å²) >= 11 is 0. The van der Waals surface area contributed by atoms with Crippen LogP contribution in [0.3, 0.4) is 0 Å². The Bertz CT molecular complexity index is 3910. The molecule has 3 unspecified atom stereocenters. The van der Waals surface area contributed by atoms with Crippen molar-refractivity contribution < 1.29 is 40.7 Å². The highest BCUT2D eigenvalue weighted by atomic mass is 19.4. The molecule has 2 fully saturated rings. The lowest BCUT2D eigenvalue weighted by molar-refractivity contribution is -0.142. The van der Waals surface area contributed by atoms with Gasteiger partial charge in [-0.2, -0.15) is 36.5 Å². The Hall–Kier alpha value is -8.82. The number of ether oxygens (including phenoxy) is 1. The van der Waals surface area contributed by atoms with Crippen molar-refractivity contribution >= 4 is 39.6 Å². The van der Waals surface area contributed by atoms with Crippen molar-refractivity contribution in [2.24, 2.45) is 23.3 Å². The van der Waals surface area contributed by atoms with E-state index in [-0.39, 0.29) is 47.9 Å². The Morgan fingerprint density at radius 2 is 1.14 bits per heavy atom. The van der Waals surface area contributed by atoms with Crippen LogP contribution >= 0.6 is 0 Å². The van der Waals surface area contributed by atoms with Gasteiger partial charge in [-0.15, -0.1) is 0 Å². The smallest absolute Gasteiger partial charge is 0.435 e. The first-order chi connectivity index (χ1) is 41.9. The molecule has 0 radical (unpaired) electrons. The fourth-order valence-electron chi connectivity index (χ4n) is 10.9. The molecule has 2 aromatic heterocycles. The van der Waals surface area contributed by atoms with Crippen molar-refractivity contribution in [1.29, 1.82) is 0 Å². The molecular formula is C67H67F6N11O3. The average molecular weight is 1190 g/mol. The maximum atomic E-state index is 14.5. The van der Waals surface area contributed by atoms with E-state index in [2.05, 4.69) is 31.5 Å². The molecule has 2 heterocycles. The molecule has 2 amide bonds. The van der Waals surface area contributed by atoms with E-state index in [0.717, 1.165) is 105 Å². The van der Waals surface area contributed by atoms with Crippen LogP contribution in [0.5, 0.6) is 5.75 Å². The normalized spacial score (nSPS) is 14.6. The summed E-state index contributed by atoms with van der Waals surface area (Å²) in [6.07, 6.45) is -4.33. The molecule has 2 saturated carbocycles. The molecule has 20 heteroatoms. The molecule has 0 aliphatic heterocycles. The molecule has 0 bridgehead atoms. The number of hydrogen-bond donors (Lipinski definition) is 6. The summed E-state index contributed by atoms with van der Waals surface area (Å²) in [7, 11) is 1.91. The van der Waals surface area contributed by atoms with E-state index in [1.165, 1.54) is 0 Å². The molecule has 3 atom stereocenters. The van der Waals surface area contributed by atoms with Gasteiger partial charge >= 0.3 is 12.4 Å². The Morgan fingerprint density at radius 1 is 0.609 bits per heavy atom. The molecule has 0 spiro atoms. The Labute approximate surface area is 499 Å². The van der Waals surface area contributed by atoms with Crippen LogP contribution in [0.25, 0.3) is 22.1 Å². The zero-order valence-electron chi connectivity index (χ0n) is 48.0. The Balaban J connectivity index is 0.827. The van der Waals surface area contributed by atoms with Crippen LogP contribution in [0.15, 0.2) is 170 Å². The minimum atomic E-state index is -4.86. The van der Waals surface area contributed by atoms with Crippen molar-refractivity contribution in [3.8, 4) is 17.1 Å². The number of anilines is 3. The molecule has 7 aromatic carbocycles. The highest BCUT2D eigenvalue weighted by Crippen LogP contribution is 2.39. The quantitative estimate of drug-likeness (QED) is 0.0319. The third kappa shape index (κ3) is 14.2. The van der Waals surface area contributed by atoms with Gasteiger partial charge in [-0.05, 0) is 163 Å². The lowest BCUT2D eigenvalue weighted by Crippen LogP contribution is -2.29. The van der Waals surface area contributed by atoms with Crippen molar-refractivity contribution in [3.05, 3.63) is 226 Å². The Kier molecular flexibility index (Phi) is 17.6. The largest absolute Gasteiger partial charge is 0.494 e. The lowest BCUT2D eigenvalue weighted by atomic mass is 9.92. The second-order valence-electron chi connectivity index (χ2n) is 22.5. The fourth-order valence-corrected chi connectivity index (χ4v) is 10.9. The molecule has 11 rings (SSSR count). The third-order valence-corrected chi connectivity index (χ3v) is 15.8. The van der Waals surface area contributed by atoms with E-state index in [9.17, 15) is 35.9 Å². The summed E-state index contributed by atoms with van der Waals surface area (Å²) in [6.45, 7) is 4.57. The number of aromatic nitrogens is 4. The van der Waals surface area contributed by atoms with Crippen LogP contribution in [-0.4, -0.2) is 64.7 Å². The van der Waals surface area contributed by atoms with Crippen molar-refractivity contribution in [1.82, 2.24) is 30.2 Å². The molecule has 450 valence electrons. The van der Waals surface area contributed by atoms with Gasteiger partial charge in [0, 0.05) is 60.8 Å². The van der Waals surface area contributed by atoms with Gasteiger partial charge in [0.25, 0.3) is 11.8 Å². The average Bonchev–Trinajstić information content (AvgIpc) is 4.12. The number of carbonyl (C=O) groups is 2. The first kappa shape index (κ1) is 59.9. The number of rotatable bonds is 24. The van der Waals surface area contributed by atoms with E-state index in [1.807, 2.05) is 104 Å². The second kappa shape index (κ2) is 25.6. The molecule has 2 aliphatic rings. The van der Waals surface area contributed by atoms with Crippen molar-refractivity contribution in [2.45, 2.75) is 76.1 Å². The predicted molar refractivity (Wildman–Crippen MR) is 325 cm³/mol. The summed E-state index contributed by atoms with van der Waals surface area (Å²) in [5.41, 5.74) is 16.6. The van der Waals surface area contributed by atoms with E-state index < -0.39 is 41.6 Å². The van der Waals surface area contributed by atoms with E-state index in [1.54, 1.807) is 72.8 Å². The molecule has 9 aromatic rings. The molecular weight excluding hydrogens is 1120 g/mol. The zero-order chi connectivity index (χ0) is 61.0. The number of alkyl halides is 6. The van der Waals surface area contributed by atoms with Gasteiger partial charge < -0.3 is 42.4 Å². The van der Waals surface area contributed by atoms with E-state index in [4.69, 9.17) is 16.2 Å². The van der Waals surface area contributed by atoms with E-state index in [0.29, 0.717) is 47.5 Å². The molecule has 87 heavy (non-hydrogen) atoms. The highest BCUT2D eigenvalue weighted by molar-refractivity contribution is 6.04. The SMILES string of the molecule is CCCOc1ccc(C(NCC2CC2)c2cccc(NC(=O)c3cc(C(F)(F)F)nn3-c3cccc(C(N)CN(C)c4ccc(C(NCC5CC5)c5cccc(NC(=O)c6cc(C(F)(F)F)nn6-c6cccc(CN)c6)c5)c5ccccc45)c3)c2)cc1. The van der Waals surface area contributed by atoms with Crippen LogP contribution in [0, 0.1) is 11.8 Å². The Morgan fingerprint density at radius 3 is 1.70 bits per heavy atom. The maximum absolute atomic E-state index is 14.5. The van der Waals surface area contributed by atoms with Crippen LogP contribution in [0.4, 0.5) is 43.4 Å². The molecule has 0 saturated heterocycles. The maximum Gasteiger partial charge on any atom is 0.435 e. The predicted octanol–water partition coefficient (Wildman–Crippen LogP) is 13.3. The standard InChI is InChI=1S/C67H67F6N11O3/c1-3-30-87-52-26-24-44(25-27-52)62(76-38-41-20-21-41)46-12-7-14-48(32-46)78-65(86)59-36-61(67(71,72)73)81-84(59)51-17-9-11-45(34-51)56(75)40-82(2)57-29-28-55(53-18-4-5-19-54(53)57)63(77-39-42-22-23-42)47-13-8-15-49(33-47)79-64(85)58-35-60(66(68,69)70)80-83(58)50-16-6-10-43(31-50)37-74/h4-19,24-29,31-36,41-42,56,62-63,76-77H,3,20-23,30,37-40,74-75H2,1-2H3,(H,78,86)(H,79,85). The van der Waals surface area contributed by atoms with Gasteiger partial charge in [0.2, 0.25) is 0 Å². The number of nitrogens with one attached hydrogen (secondary N) is 4. The summed E-state index contributed by atoms with van der Waals surface area (Å²) in [4.78, 5) is 30.2. The molecule has 8 N–H and O–H groups in total. The molecule has 2 aliphatic carbocycles. The number of nitrogens with zero attached hydrogens (tertiary/aromatic N) is 5. The van der Waals surface area contributed by atoms with E-state index >= 15 is 0 Å². The van der Waals surface area contributed by atoms with Crippen molar-refractivity contribution in [2.75, 3.05) is 48.8 Å². The van der Waals surface area contributed by atoms with Gasteiger partial charge in [0.15, 0.2) is 11.4 Å². The second-order valence-corrected chi connectivity index (χ2v) is 22.5. The number of nitrogens with two attached hydrogens (primary N) is 2. The van der Waals surface area contributed by atoms with Gasteiger partial charge in [0.1, 0.15) is 17.1 Å². The van der Waals surface area contributed by atoms with Crippen LogP contribution in [0.2, 0.25) is 0 Å². The number of likely N-dealkylation sites (N-methyl/N-ethyl adjacent to an activating group) is 1. The van der Waals surface area contributed by atoms with Gasteiger partial charge in [-0.1, -0.05) is 97.9 Å². The van der Waals surface area contributed by atoms with Crippen molar-refractivity contribution in [3.63, 3.8) is 0 Å². The first-order valence-corrected chi connectivity index (χ1v) is 29.2. The zero-order valence-corrected chi connectivity index (χ0v) is 48.0. The van der Waals surface area contributed by atoms with Crippen LogP contribution < -0.4 is 42.4 Å². The van der Waals surface area contributed by atoms with Gasteiger partial charge in [-0.25, -0.2) is 9.36 Å². The summed E-state index contributed by atoms with van der Waals surface area (Å²) in [6, 6.07) is 47.7. The third-order valence-electron chi connectivity index (χ3n) is 15.8. The van der Waals surface area contributed by atoms with Gasteiger partial charge in [-0.3, -0.25) is 9.59 Å². The fraction of sp³-hybridized carbons (Fsp3) is 0.284.